The highest BCUT2D eigenvalue weighted by Crippen LogP contribution is 2.10. The lowest BCUT2D eigenvalue weighted by molar-refractivity contribution is -0.119. The minimum Gasteiger partial charge on any atom is -0.465 e. The molecule has 0 unspecified atom stereocenters. The summed E-state index contributed by atoms with van der Waals surface area (Å²) >= 11 is 0. The van der Waals surface area contributed by atoms with Gasteiger partial charge in [0, 0.05) is 18.1 Å². The van der Waals surface area contributed by atoms with Crippen LogP contribution in [0, 0.1) is 0 Å². The Bertz CT molecular complexity index is 761. The molecule has 1 aromatic heterocycles. The lowest BCUT2D eigenvalue weighted by Crippen LogP contribution is -2.22. The third-order valence-electron chi connectivity index (χ3n) is 2.84. The average molecular weight is 330 g/mol. The molecular formula is C15H14N4O5. The monoisotopic (exact) mass is 330 g/mol. The van der Waals surface area contributed by atoms with Crippen LogP contribution in [0.25, 0.3) is 0 Å². The molecule has 0 atom stereocenters. The SMILES string of the molecule is COC(=O)c1ccc(NC(=O)COC(=O)c2nccnc2N)cc1. The summed E-state index contributed by atoms with van der Waals surface area (Å²) in [5.74, 6) is -1.97. The van der Waals surface area contributed by atoms with Gasteiger partial charge in [0.1, 0.15) is 0 Å². The van der Waals surface area contributed by atoms with Crippen molar-refractivity contribution in [2.45, 2.75) is 0 Å². The number of carbonyl (C=O) groups excluding carboxylic acids is 3. The summed E-state index contributed by atoms with van der Waals surface area (Å²) < 4.78 is 9.38. The number of nitrogens with two attached hydrogens (primary N) is 1. The summed E-state index contributed by atoms with van der Waals surface area (Å²) in [6.07, 6.45) is 2.62. The van der Waals surface area contributed by atoms with E-state index in [1.54, 1.807) is 0 Å². The van der Waals surface area contributed by atoms with Gasteiger partial charge in [0.15, 0.2) is 18.1 Å². The number of nitrogens with one attached hydrogen (secondary N) is 1. The van der Waals surface area contributed by atoms with Gasteiger partial charge in [0.2, 0.25) is 0 Å². The topological polar surface area (TPSA) is 134 Å². The fourth-order valence-corrected chi connectivity index (χ4v) is 1.71. The van der Waals surface area contributed by atoms with E-state index in [2.05, 4.69) is 20.0 Å². The predicted molar refractivity (Wildman–Crippen MR) is 83.1 cm³/mol. The van der Waals surface area contributed by atoms with Crippen LogP contribution in [0.4, 0.5) is 11.5 Å². The zero-order chi connectivity index (χ0) is 17.5. The number of rotatable bonds is 5. The molecule has 0 aliphatic heterocycles. The van der Waals surface area contributed by atoms with Crippen LogP contribution < -0.4 is 11.1 Å². The third-order valence-corrected chi connectivity index (χ3v) is 2.84. The third kappa shape index (κ3) is 4.26. The van der Waals surface area contributed by atoms with E-state index < -0.39 is 24.5 Å². The maximum absolute atomic E-state index is 11.8. The van der Waals surface area contributed by atoms with Gasteiger partial charge in [-0.05, 0) is 24.3 Å². The largest absolute Gasteiger partial charge is 0.465 e. The van der Waals surface area contributed by atoms with Crippen LogP contribution in [0.15, 0.2) is 36.7 Å². The summed E-state index contributed by atoms with van der Waals surface area (Å²) in [5.41, 5.74) is 6.11. The molecule has 2 rings (SSSR count). The fourth-order valence-electron chi connectivity index (χ4n) is 1.71. The quantitative estimate of drug-likeness (QED) is 0.763. The molecule has 9 nitrogen and oxygen atoms in total. The van der Waals surface area contributed by atoms with Crippen molar-refractivity contribution in [1.82, 2.24) is 9.97 Å². The number of aromatic nitrogens is 2. The second-order valence-electron chi connectivity index (χ2n) is 4.48. The lowest BCUT2D eigenvalue weighted by Gasteiger charge is -2.07. The molecule has 0 bridgehead atoms. The zero-order valence-electron chi connectivity index (χ0n) is 12.7. The van der Waals surface area contributed by atoms with Gasteiger partial charge in [0.25, 0.3) is 5.91 Å². The standard InChI is InChI=1S/C15H14N4O5/c1-23-14(21)9-2-4-10(5-3-9)19-11(20)8-24-15(22)12-13(16)18-7-6-17-12/h2-7H,8H2,1H3,(H2,16,18)(H,19,20). The fraction of sp³-hybridized carbons (Fsp3) is 0.133. The van der Waals surface area contributed by atoms with Crippen LogP contribution in [-0.2, 0) is 14.3 Å². The molecule has 0 fully saturated rings. The Balaban J connectivity index is 1.88. The molecular weight excluding hydrogens is 316 g/mol. The van der Waals surface area contributed by atoms with Gasteiger partial charge >= 0.3 is 11.9 Å². The molecule has 0 radical (unpaired) electrons. The van der Waals surface area contributed by atoms with E-state index >= 15 is 0 Å². The minimum atomic E-state index is -0.850. The Morgan fingerprint density at radius 3 is 2.38 bits per heavy atom. The Hall–Kier alpha value is -3.49. The molecule has 3 N–H and O–H groups in total. The Morgan fingerprint density at radius 1 is 1.08 bits per heavy atom. The molecule has 9 heteroatoms. The van der Waals surface area contributed by atoms with Crippen molar-refractivity contribution in [3.8, 4) is 0 Å². The van der Waals surface area contributed by atoms with E-state index in [0.717, 1.165) is 0 Å². The number of amides is 1. The van der Waals surface area contributed by atoms with E-state index in [9.17, 15) is 14.4 Å². The highest BCUT2D eigenvalue weighted by Gasteiger charge is 2.15. The number of methoxy groups -OCH3 is 1. The van der Waals surface area contributed by atoms with Crippen molar-refractivity contribution in [3.05, 3.63) is 47.9 Å². The van der Waals surface area contributed by atoms with Crippen molar-refractivity contribution in [2.75, 3.05) is 24.8 Å². The number of hydrogen-bond acceptors (Lipinski definition) is 8. The van der Waals surface area contributed by atoms with Crippen LogP contribution >= 0.6 is 0 Å². The molecule has 24 heavy (non-hydrogen) atoms. The van der Waals surface area contributed by atoms with Crippen molar-refractivity contribution in [1.29, 1.82) is 0 Å². The van der Waals surface area contributed by atoms with Crippen LogP contribution in [0.5, 0.6) is 0 Å². The van der Waals surface area contributed by atoms with Gasteiger partial charge in [-0.1, -0.05) is 0 Å². The second-order valence-corrected chi connectivity index (χ2v) is 4.48. The van der Waals surface area contributed by atoms with E-state index in [-0.39, 0.29) is 11.5 Å². The number of ether oxygens (including phenoxy) is 2. The first-order valence-corrected chi connectivity index (χ1v) is 6.73. The van der Waals surface area contributed by atoms with Crippen molar-refractivity contribution in [3.63, 3.8) is 0 Å². The van der Waals surface area contributed by atoms with Gasteiger partial charge in [0.05, 0.1) is 12.7 Å². The van der Waals surface area contributed by atoms with E-state index in [1.807, 2.05) is 0 Å². The number of hydrogen-bond donors (Lipinski definition) is 2. The average Bonchev–Trinajstić information content (AvgIpc) is 2.60. The smallest absolute Gasteiger partial charge is 0.361 e. The van der Waals surface area contributed by atoms with Crippen LogP contribution in [0.3, 0.4) is 0 Å². The maximum atomic E-state index is 11.8. The Kier molecular flexibility index (Phi) is 5.40. The number of nitrogens with zero attached hydrogens (tertiary/aromatic N) is 2. The highest BCUT2D eigenvalue weighted by atomic mass is 16.5. The zero-order valence-corrected chi connectivity index (χ0v) is 12.7. The molecule has 0 aliphatic rings. The van der Waals surface area contributed by atoms with E-state index in [0.29, 0.717) is 11.3 Å². The lowest BCUT2D eigenvalue weighted by atomic mass is 10.2. The molecule has 0 aliphatic carbocycles. The number of nitrogen functional groups attached to an aromatic ring is 1. The van der Waals surface area contributed by atoms with Crippen molar-refractivity contribution < 1.29 is 23.9 Å². The maximum Gasteiger partial charge on any atom is 0.361 e. The summed E-state index contributed by atoms with van der Waals surface area (Å²) in [6, 6.07) is 6.03. The first kappa shape index (κ1) is 16.9. The Morgan fingerprint density at radius 2 is 1.75 bits per heavy atom. The van der Waals surface area contributed by atoms with Gasteiger partial charge < -0.3 is 20.5 Å². The molecule has 2 aromatic rings. The molecule has 1 heterocycles. The highest BCUT2D eigenvalue weighted by molar-refractivity contribution is 5.96. The van der Waals surface area contributed by atoms with Gasteiger partial charge in [-0.25, -0.2) is 19.6 Å². The van der Waals surface area contributed by atoms with Gasteiger partial charge in [-0.3, -0.25) is 4.79 Å². The number of carbonyl (C=O) groups is 3. The summed E-state index contributed by atoms with van der Waals surface area (Å²) in [7, 11) is 1.27. The van der Waals surface area contributed by atoms with Crippen LogP contribution in [-0.4, -0.2) is 41.5 Å². The number of anilines is 2. The summed E-state index contributed by atoms with van der Waals surface area (Å²) in [4.78, 5) is 42.2. The van der Waals surface area contributed by atoms with Crippen LogP contribution in [0.2, 0.25) is 0 Å². The van der Waals surface area contributed by atoms with E-state index in [1.165, 1.54) is 43.8 Å². The van der Waals surface area contributed by atoms with Crippen molar-refractivity contribution >= 4 is 29.4 Å². The van der Waals surface area contributed by atoms with E-state index in [4.69, 9.17) is 10.5 Å². The molecule has 1 amide bonds. The molecule has 0 saturated heterocycles. The Labute approximate surface area is 136 Å². The van der Waals surface area contributed by atoms with Gasteiger partial charge in [-0.15, -0.1) is 0 Å². The molecule has 124 valence electrons. The van der Waals surface area contributed by atoms with Gasteiger partial charge in [-0.2, -0.15) is 0 Å². The number of benzene rings is 1. The normalized spacial score (nSPS) is 9.88. The first-order chi connectivity index (χ1) is 11.5. The molecule has 0 spiro atoms. The minimum absolute atomic E-state index is 0.0821. The van der Waals surface area contributed by atoms with Crippen molar-refractivity contribution in [2.24, 2.45) is 0 Å². The predicted octanol–water partition coefficient (Wildman–Crippen LogP) is 0.641. The summed E-state index contributed by atoms with van der Waals surface area (Å²) in [5, 5.41) is 2.51. The number of esters is 2. The first-order valence-electron chi connectivity index (χ1n) is 6.73. The second kappa shape index (κ2) is 7.68. The van der Waals surface area contributed by atoms with Crippen LogP contribution in [0.1, 0.15) is 20.8 Å². The molecule has 0 saturated carbocycles. The molecule has 1 aromatic carbocycles. The summed E-state index contributed by atoms with van der Waals surface area (Å²) in [6.45, 7) is -0.520.